The molecule has 0 aliphatic heterocycles. The lowest BCUT2D eigenvalue weighted by atomic mass is 9.97. The van der Waals surface area contributed by atoms with E-state index in [0.717, 1.165) is 11.3 Å². The number of furan rings is 1. The van der Waals surface area contributed by atoms with Crippen molar-refractivity contribution in [2.75, 3.05) is 12.4 Å². The van der Waals surface area contributed by atoms with Crippen LogP contribution >= 0.6 is 0 Å². The first kappa shape index (κ1) is 20.4. The van der Waals surface area contributed by atoms with Gasteiger partial charge in [0.2, 0.25) is 0 Å². The lowest BCUT2D eigenvalue weighted by Gasteiger charge is -2.10. The third-order valence-corrected chi connectivity index (χ3v) is 4.97. The van der Waals surface area contributed by atoms with Gasteiger partial charge in [-0.25, -0.2) is 4.79 Å². The van der Waals surface area contributed by atoms with Crippen LogP contribution in [0.5, 0.6) is 0 Å². The van der Waals surface area contributed by atoms with Crippen molar-refractivity contribution in [3.63, 3.8) is 0 Å². The Bertz CT molecular complexity index is 1060. The van der Waals surface area contributed by atoms with Crippen LogP contribution in [0, 0.1) is 27.7 Å². The Morgan fingerprint density at radius 2 is 1.62 bits per heavy atom. The van der Waals surface area contributed by atoms with Crippen molar-refractivity contribution in [3.05, 3.63) is 87.4 Å². The SMILES string of the molecule is COC(=O)c1ccc(NC(=O)c2ccc(Cc3c(C)cc(C)cc3C)o2)c(C)c1. The number of esters is 1. The molecule has 5 heteroatoms. The Balaban J connectivity index is 1.74. The van der Waals surface area contributed by atoms with Crippen molar-refractivity contribution in [2.45, 2.75) is 34.1 Å². The molecule has 0 saturated heterocycles. The van der Waals surface area contributed by atoms with Crippen LogP contribution in [0.3, 0.4) is 0 Å². The molecule has 3 aromatic rings. The molecule has 1 aromatic heterocycles. The van der Waals surface area contributed by atoms with Crippen molar-refractivity contribution in [1.29, 1.82) is 0 Å². The Labute approximate surface area is 170 Å². The van der Waals surface area contributed by atoms with Crippen LogP contribution in [0.25, 0.3) is 0 Å². The van der Waals surface area contributed by atoms with Gasteiger partial charge in [0, 0.05) is 12.1 Å². The Hall–Kier alpha value is -3.34. The van der Waals surface area contributed by atoms with E-state index in [-0.39, 0.29) is 11.7 Å². The molecule has 0 radical (unpaired) electrons. The minimum Gasteiger partial charge on any atom is -0.465 e. The molecule has 0 spiro atoms. The summed E-state index contributed by atoms with van der Waals surface area (Å²) in [7, 11) is 1.33. The molecule has 1 heterocycles. The number of aryl methyl sites for hydroxylation is 4. The van der Waals surface area contributed by atoms with Crippen molar-refractivity contribution in [3.8, 4) is 0 Å². The number of carbonyl (C=O) groups excluding carboxylic acids is 2. The number of rotatable bonds is 5. The van der Waals surface area contributed by atoms with Gasteiger partial charge in [-0.05, 0) is 80.3 Å². The number of methoxy groups -OCH3 is 1. The highest BCUT2D eigenvalue weighted by molar-refractivity contribution is 6.03. The number of amides is 1. The third-order valence-electron chi connectivity index (χ3n) is 4.97. The minimum absolute atomic E-state index is 0.249. The smallest absolute Gasteiger partial charge is 0.337 e. The number of benzene rings is 2. The maximum Gasteiger partial charge on any atom is 0.337 e. The van der Waals surface area contributed by atoms with Gasteiger partial charge in [0.15, 0.2) is 5.76 Å². The van der Waals surface area contributed by atoms with Gasteiger partial charge in [-0.2, -0.15) is 0 Å². The molecule has 0 aliphatic rings. The van der Waals surface area contributed by atoms with Crippen LogP contribution < -0.4 is 5.32 Å². The summed E-state index contributed by atoms with van der Waals surface area (Å²) in [6, 6.07) is 12.8. The maximum absolute atomic E-state index is 12.6. The Morgan fingerprint density at radius 1 is 0.931 bits per heavy atom. The molecule has 5 nitrogen and oxygen atoms in total. The van der Waals surface area contributed by atoms with Gasteiger partial charge < -0.3 is 14.5 Å². The zero-order chi connectivity index (χ0) is 21.1. The van der Waals surface area contributed by atoms with Crippen LogP contribution in [0.1, 0.15) is 54.5 Å². The second-order valence-corrected chi connectivity index (χ2v) is 7.30. The molecule has 29 heavy (non-hydrogen) atoms. The van der Waals surface area contributed by atoms with Crippen LogP contribution in [-0.4, -0.2) is 19.0 Å². The van der Waals surface area contributed by atoms with Crippen LogP contribution in [0.15, 0.2) is 46.9 Å². The molecular formula is C24H25NO4. The number of carbonyl (C=O) groups is 2. The average Bonchev–Trinajstić information content (AvgIpc) is 3.14. The predicted molar refractivity (Wildman–Crippen MR) is 113 cm³/mol. The normalized spacial score (nSPS) is 10.7. The number of hydrogen-bond donors (Lipinski definition) is 1. The van der Waals surface area contributed by atoms with Gasteiger partial charge >= 0.3 is 5.97 Å². The van der Waals surface area contributed by atoms with Gasteiger partial charge in [-0.1, -0.05) is 17.7 Å². The maximum atomic E-state index is 12.6. The van der Waals surface area contributed by atoms with E-state index >= 15 is 0 Å². The summed E-state index contributed by atoms with van der Waals surface area (Å²) >= 11 is 0. The molecule has 0 atom stereocenters. The Kier molecular flexibility index (Phi) is 5.87. The number of nitrogens with one attached hydrogen (secondary N) is 1. The Morgan fingerprint density at radius 3 is 2.24 bits per heavy atom. The van der Waals surface area contributed by atoms with Crippen LogP contribution in [0.4, 0.5) is 5.69 Å². The van der Waals surface area contributed by atoms with E-state index in [1.165, 1.54) is 29.4 Å². The molecule has 0 fully saturated rings. The lowest BCUT2D eigenvalue weighted by molar-refractivity contribution is 0.0600. The monoisotopic (exact) mass is 391 g/mol. The van der Waals surface area contributed by atoms with E-state index in [4.69, 9.17) is 9.15 Å². The predicted octanol–water partition coefficient (Wildman–Crippen LogP) is 5.14. The zero-order valence-electron chi connectivity index (χ0n) is 17.4. The molecule has 0 bridgehead atoms. The van der Waals surface area contributed by atoms with Gasteiger partial charge in [0.05, 0.1) is 12.7 Å². The highest BCUT2D eigenvalue weighted by Crippen LogP contribution is 2.23. The standard InChI is InChI=1S/C24H25NO4/c1-14-10-15(2)20(16(3)11-14)13-19-7-9-22(29-19)23(26)25-21-8-6-18(12-17(21)4)24(27)28-5/h6-12H,13H2,1-5H3,(H,25,26). The first-order valence-electron chi connectivity index (χ1n) is 9.44. The highest BCUT2D eigenvalue weighted by atomic mass is 16.5. The van der Waals surface area contributed by atoms with E-state index in [0.29, 0.717) is 17.7 Å². The van der Waals surface area contributed by atoms with Gasteiger partial charge in [-0.3, -0.25) is 4.79 Å². The first-order valence-corrected chi connectivity index (χ1v) is 9.44. The van der Waals surface area contributed by atoms with Crippen molar-refractivity contribution in [1.82, 2.24) is 0 Å². The molecule has 0 aliphatic carbocycles. The zero-order valence-corrected chi connectivity index (χ0v) is 17.4. The van der Waals surface area contributed by atoms with Crippen molar-refractivity contribution >= 4 is 17.6 Å². The van der Waals surface area contributed by atoms with E-state index in [1.54, 1.807) is 24.3 Å². The van der Waals surface area contributed by atoms with Gasteiger partial charge in [0.1, 0.15) is 5.76 Å². The third kappa shape index (κ3) is 4.57. The summed E-state index contributed by atoms with van der Waals surface area (Å²) in [6.45, 7) is 8.08. The van der Waals surface area contributed by atoms with E-state index in [1.807, 2.05) is 13.0 Å². The van der Waals surface area contributed by atoms with E-state index in [2.05, 4.69) is 38.2 Å². The number of hydrogen-bond acceptors (Lipinski definition) is 4. The molecular weight excluding hydrogens is 366 g/mol. The summed E-state index contributed by atoms with van der Waals surface area (Å²) in [5.74, 6) is 0.243. The molecule has 150 valence electrons. The minimum atomic E-state index is -0.414. The van der Waals surface area contributed by atoms with Gasteiger partial charge in [0.25, 0.3) is 5.91 Å². The summed E-state index contributed by atoms with van der Waals surface area (Å²) in [4.78, 5) is 24.2. The summed E-state index contributed by atoms with van der Waals surface area (Å²) in [5, 5.41) is 2.83. The van der Waals surface area contributed by atoms with Crippen molar-refractivity contribution < 1.29 is 18.7 Å². The van der Waals surface area contributed by atoms with E-state index < -0.39 is 5.97 Å². The lowest BCUT2D eigenvalue weighted by Crippen LogP contribution is -2.12. The fourth-order valence-corrected chi connectivity index (χ4v) is 3.49. The summed E-state index contributed by atoms with van der Waals surface area (Å²) in [6.07, 6.45) is 0.637. The summed E-state index contributed by atoms with van der Waals surface area (Å²) in [5.41, 5.74) is 6.69. The molecule has 1 amide bonds. The quantitative estimate of drug-likeness (QED) is 0.611. The highest BCUT2D eigenvalue weighted by Gasteiger charge is 2.15. The molecule has 0 saturated carbocycles. The molecule has 2 aromatic carbocycles. The molecule has 1 N–H and O–H groups in total. The average molecular weight is 391 g/mol. The first-order chi connectivity index (χ1) is 13.8. The summed E-state index contributed by atoms with van der Waals surface area (Å²) < 4.78 is 10.5. The second kappa shape index (κ2) is 8.35. The van der Waals surface area contributed by atoms with Crippen LogP contribution in [-0.2, 0) is 11.2 Å². The fraction of sp³-hybridized carbons (Fsp3) is 0.250. The van der Waals surface area contributed by atoms with Crippen molar-refractivity contribution in [2.24, 2.45) is 0 Å². The fourth-order valence-electron chi connectivity index (χ4n) is 3.49. The number of anilines is 1. The largest absolute Gasteiger partial charge is 0.465 e. The topological polar surface area (TPSA) is 68.5 Å². The van der Waals surface area contributed by atoms with E-state index in [9.17, 15) is 9.59 Å². The number of ether oxygens (including phenoxy) is 1. The van der Waals surface area contributed by atoms with Gasteiger partial charge in [-0.15, -0.1) is 0 Å². The molecule has 3 rings (SSSR count). The second-order valence-electron chi connectivity index (χ2n) is 7.30. The molecule has 0 unspecified atom stereocenters. The van der Waals surface area contributed by atoms with Crippen LogP contribution in [0.2, 0.25) is 0 Å².